The summed E-state index contributed by atoms with van der Waals surface area (Å²) >= 11 is 6.30. The van der Waals surface area contributed by atoms with Gasteiger partial charge in [-0.05, 0) is 43.7 Å². The van der Waals surface area contributed by atoms with E-state index in [0.717, 1.165) is 19.3 Å². The fourth-order valence-corrected chi connectivity index (χ4v) is 5.06. The van der Waals surface area contributed by atoms with Crippen LogP contribution in [-0.4, -0.2) is 39.3 Å². The molecule has 0 aliphatic heterocycles. The number of para-hydroxylation sites is 1. The summed E-state index contributed by atoms with van der Waals surface area (Å²) in [7, 11) is 0. The van der Waals surface area contributed by atoms with Crippen molar-refractivity contribution in [2.45, 2.75) is 104 Å². The number of ether oxygens (including phenoxy) is 1. The smallest absolute Gasteiger partial charge is 0.338 e. The van der Waals surface area contributed by atoms with Gasteiger partial charge in [0, 0.05) is 6.20 Å². The van der Waals surface area contributed by atoms with Gasteiger partial charge in [-0.25, -0.2) is 9.48 Å². The lowest BCUT2D eigenvalue weighted by molar-refractivity contribution is -0.118. The molecule has 232 valence electrons. The van der Waals surface area contributed by atoms with Gasteiger partial charge >= 0.3 is 5.97 Å². The number of carbonyl (C=O) groups is 3. The molecule has 2 aromatic carbocycles. The van der Waals surface area contributed by atoms with Crippen molar-refractivity contribution in [3.63, 3.8) is 0 Å². The van der Waals surface area contributed by atoms with Gasteiger partial charge in [0.15, 0.2) is 5.78 Å². The first-order chi connectivity index (χ1) is 20.9. The second kappa shape index (κ2) is 18.9. The number of fused-ring (bicyclic) bond motifs is 1. The van der Waals surface area contributed by atoms with Gasteiger partial charge in [-0.2, -0.15) is 0 Å². The molecule has 1 heterocycles. The maximum absolute atomic E-state index is 13.0. The number of unbranched alkanes of at least 4 members (excludes halogenated alkanes) is 13. The Kier molecular flexibility index (Phi) is 14.9. The molecule has 1 N–H and O–H groups in total. The molecule has 0 aliphatic rings. The van der Waals surface area contributed by atoms with E-state index in [4.69, 9.17) is 16.3 Å². The highest BCUT2D eigenvalue weighted by Gasteiger charge is 2.19. The number of esters is 1. The van der Waals surface area contributed by atoms with E-state index in [1.54, 1.807) is 18.2 Å². The number of aromatic nitrogens is 3. The number of hydrogen-bond acceptors (Lipinski definition) is 6. The van der Waals surface area contributed by atoms with Crippen LogP contribution in [0.3, 0.4) is 0 Å². The second-order valence-electron chi connectivity index (χ2n) is 11.0. The van der Waals surface area contributed by atoms with Gasteiger partial charge in [-0.15, -0.1) is 5.10 Å². The van der Waals surface area contributed by atoms with Crippen LogP contribution in [0.25, 0.3) is 17.2 Å². The molecule has 0 fully saturated rings. The van der Waals surface area contributed by atoms with Crippen molar-refractivity contribution in [3.8, 4) is 0 Å². The predicted octanol–water partition coefficient (Wildman–Crippen LogP) is 8.79. The van der Waals surface area contributed by atoms with Crippen molar-refractivity contribution in [2.24, 2.45) is 0 Å². The van der Waals surface area contributed by atoms with Gasteiger partial charge in [0.1, 0.15) is 11.1 Å². The Bertz CT molecular complexity index is 1370. The van der Waals surface area contributed by atoms with E-state index in [-0.39, 0.29) is 21.8 Å². The average Bonchev–Trinajstić information content (AvgIpc) is 3.41. The molecule has 0 saturated carbocycles. The lowest BCUT2D eigenvalue weighted by Gasteiger charge is -2.11. The average molecular weight is 609 g/mol. The predicted molar refractivity (Wildman–Crippen MR) is 173 cm³/mol. The number of benzene rings is 2. The first kappa shape index (κ1) is 34.0. The molecular weight excluding hydrogens is 564 g/mol. The monoisotopic (exact) mass is 608 g/mol. The molecule has 3 rings (SSSR count). The van der Waals surface area contributed by atoms with Crippen LogP contribution in [0, 0.1) is 0 Å². The van der Waals surface area contributed by atoms with Crippen LogP contribution >= 0.6 is 11.6 Å². The summed E-state index contributed by atoms with van der Waals surface area (Å²) in [5.74, 6) is -1.63. The zero-order valence-corrected chi connectivity index (χ0v) is 26.3. The Morgan fingerprint density at radius 2 is 1.47 bits per heavy atom. The van der Waals surface area contributed by atoms with Crippen LogP contribution in [0.15, 0.2) is 48.0 Å². The van der Waals surface area contributed by atoms with Gasteiger partial charge in [0.05, 0.1) is 28.4 Å². The molecule has 43 heavy (non-hydrogen) atoms. The summed E-state index contributed by atoms with van der Waals surface area (Å²) in [5.41, 5.74) is 1.60. The molecule has 1 amide bonds. The number of halogens is 1. The summed E-state index contributed by atoms with van der Waals surface area (Å²) in [6.45, 7) is 3.88. The van der Waals surface area contributed by atoms with E-state index >= 15 is 0 Å². The standard InChI is InChI=1S/C34H45ClN4O4/c1-3-4-5-6-7-8-9-10-11-12-13-14-15-18-23-43-34(42)27-21-22-29(35)31(24-27)36-33(41)28(26(2)40)25-39-32-20-17-16-19-30(32)37-38-39/h16-17,19-22,24-25H,3-15,18,23H2,1-2H3,(H,36,41)/b28-25-. The fraction of sp³-hybridized carbons (Fsp3) is 0.500. The minimum Gasteiger partial charge on any atom is -0.462 e. The van der Waals surface area contributed by atoms with Crippen LogP contribution < -0.4 is 5.32 Å². The largest absolute Gasteiger partial charge is 0.462 e. The summed E-state index contributed by atoms with van der Waals surface area (Å²) < 4.78 is 6.83. The molecule has 8 nitrogen and oxygen atoms in total. The number of anilines is 1. The highest BCUT2D eigenvalue weighted by atomic mass is 35.5. The quantitative estimate of drug-likeness (QED) is 0.0452. The van der Waals surface area contributed by atoms with Crippen LogP contribution in [0.2, 0.25) is 5.02 Å². The molecular formula is C34H45ClN4O4. The number of carbonyl (C=O) groups excluding carboxylic acids is 3. The van der Waals surface area contributed by atoms with Crippen molar-refractivity contribution < 1.29 is 19.1 Å². The van der Waals surface area contributed by atoms with Crippen LogP contribution in [0.5, 0.6) is 0 Å². The minimum absolute atomic E-state index is 0.141. The molecule has 0 saturated heterocycles. The van der Waals surface area contributed by atoms with Gasteiger partial charge in [-0.3, -0.25) is 9.59 Å². The third-order valence-electron chi connectivity index (χ3n) is 7.43. The molecule has 0 spiro atoms. The fourth-order valence-electron chi connectivity index (χ4n) is 4.90. The van der Waals surface area contributed by atoms with Crippen molar-refractivity contribution in [3.05, 3.63) is 58.6 Å². The van der Waals surface area contributed by atoms with Crippen molar-refractivity contribution >= 4 is 52.2 Å². The molecule has 1 aromatic heterocycles. The van der Waals surface area contributed by atoms with E-state index < -0.39 is 17.7 Å². The number of amides is 1. The van der Waals surface area contributed by atoms with Crippen molar-refractivity contribution in [2.75, 3.05) is 11.9 Å². The summed E-state index contributed by atoms with van der Waals surface area (Å²) in [5, 5.41) is 10.9. The Morgan fingerprint density at radius 1 is 0.860 bits per heavy atom. The van der Waals surface area contributed by atoms with Gasteiger partial charge in [-0.1, -0.05) is 119 Å². The molecule has 0 atom stereocenters. The van der Waals surface area contributed by atoms with Crippen molar-refractivity contribution in [1.29, 1.82) is 0 Å². The summed E-state index contributed by atoms with van der Waals surface area (Å²) in [6.07, 6.45) is 19.0. The van der Waals surface area contributed by atoms with Gasteiger partial charge < -0.3 is 10.1 Å². The third-order valence-corrected chi connectivity index (χ3v) is 7.76. The number of hydrogen-bond donors (Lipinski definition) is 1. The zero-order valence-electron chi connectivity index (χ0n) is 25.6. The van der Waals surface area contributed by atoms with E-state index in [1.165, 1.54) is 101 Å². The van der Waals surface area contributed by atoms with E-state index in [1.807, 2.05) is 12.1 Å². The zero-order chi connectivity index (χ0) is 30.9. The number of Topliss-reactive ketones (excluding diaryl/α,β-unsaturated/α-hetero) is 1. The lowest BCUT2D eigenvalue weighted by Crippen LogP contribution is -2.20. The minimum atomic E-state index is -0.679. The summed E-state index contributed by atoms with van der Waals surface area (Å²) in [4.78, 5) is 38.0. The third kappa shape index (κ3) is 11.6. The molecule has 9 heteroatoms. The van der Waals surface area contributed by atoms with Gasteiger partial charge in [0.25, 0.3) is 5.91 Å². The van der Waals surface area contributed by atoms with E-state index in [2.05, 4.69) is 22.6 Å². The first-order valence-corrected chi connectivity index (χ1v) is 16.1. The van der Waals surface area contributed by atoms with Crippen LogP contribution in [0.1, 0.15) is 114 Å². The molecule has 0 aliphatic carbocycles. The topological polar surface area (TPSA) is 103 Å². The van der Waals surface area contributed by atoms with Crippen molar-refractivity contribution in [1.82, 2.24) is 15.0 Å². The molecule has 0 radical (unpaired) electrons. The Morgan fingerprint density at radius 3 is 2.09 bits per heavy atom. The van der Waals surface area contributed by atoms with E-state index in [9.17, 15) is 14.4 Å². The Labute approximate surface area is 260 Å². The molecule has 3 aromatic rings. The highest BCUT2D eigenvalue weighted by molar-refractivity contribution is 6.35. The van der Waals surface area contributed by atoms with Crippen LogP contribution in [-0.2, 0) is 14.3 Å². The number of ketones is 1. The maximum atomic E-state index is 13.0. The first-order valence-electron chi connectivity index (χ1n) is 15.7. The normalized spacial score (nSPS) is 11.6. The summed E-state index contributed by atoms with van der Waals surface area (Å²) in [6, 6.07) is 11.7. The highest BCUT2D eigenvalue weighted by Crippen LogP contribution is 2.25. The number of rotatable bonds is 20. The number of nitrogens with one attached hydrogen (secondary N) is 1. The molecule has 0 unspecified atom stereocenters. The lowest BCUT2D eigenvalue weighted by atomic mass is 10.0. The maximum Gasteiger partial charge on any atom is 0.338 e. The van der Waals surface area contributed by atoms with Crippen LogP contribution in [0.4, 0.5) is 5.69 Å². The van der Waals surface area contributed by atoms with Gasteiger partial charge in [0.2, 0.25) is 0 Å². The SMILES string of the molecule is CCCCCCCCCCCCCCCCOC(=O)c1ccc(Cl)c(NC(=O)/C(=C\n2nnc3ccccc32)C(C)=O)c1. The van der Waals surface area contributed by atoms with E-state index in [0.29, 0.717) is 17.6 Å². The Hall–Kier alpha value is -3.52. The molecule has 0 bridgehead atoms. The Balaban J connectivity index is 1.39. The second-order valence-corrected chi connectivity index (χ2v) is 11.4. The number of nitrogens with zero attached hydrogens (tertiary/aromatic N) is 3.